The summed E-state index contributed by atoms with van der Waals surface area (Å²) in [5.41, 5.74) is 1.57. The van der Waals surface area contributed by atoms with Gasteiger partial charge in [-0.1, -0.05) is 46.3 Å². The molecule has 0 aliphatic carbocycles. The van der Waals surface area contributed by atoms with Crippen LogP contribution in [0.15, 0.2) is 71.5 Å². The summed E-state index contributed by atoms with van der Waals surface area (Å²) >= 11 is 3.51. The highest BCUT2D eigenvalue weighted by molar-refractivity contribution is 9.10. The van der Waals surface area contributed by atoms with E-state index in [1.54, 1.807) is 12.3 Å². The Morgan fingerprint density at radius 3 is 2.73 bits per heavy atom. The Morgan fingerprint density at radius 2 is 1.92 bits per heavy atom. The molecule has 0 bridgehead atoms. The zero-order valence-electron chi connectivity index (χ0n) is 14.3. The molecule has 1 heterocycles. The van der Waals surface area contributed by atoms with Crippen LogP contribution in [0.4, 0.5) is 0 Å². The van der Waals surface area contributed by atoms with Crippen LogP contribution >= 0.6 is 15.9 Å². The lowest BCUT2D eigenvalue weighted by atomic mass is 10.2. The Kier molecular flexibility index (Phi) is 6.44. The number of hydrogen-bond donors (Lipinski definition) is 1. The maximum absolute atomic E-state index is 12.5. The zero-order valence-corrected chi connectivity index (χ0v) is 15.9. The summed E-state index contributed by atoms with van der Waals surface area (Å²) in [5, 5.41) is 7.09. The van der Waals surface area contributed by atoms with Crippen LogP contribution in [0, 0.1) is 0 Å². The summed E-state index contributed by atoms with van der Waals surface area (Å²) in [7, 11) is 0. The molecule has 1 aromatic heterocycles. The normalized spacial score (nSPS) is 10.5. The molecule has 0 saturated heterocycles. The number of rotatable bonds is 8. The average molecular weight is 414 g/mol. The van der Waals surface area contributed by atoms with Crippen LogP contribution < -0.4 is 10.1 Å². The van der Waals surface area contributed by atoms with Crippen molar-refractivity contribution in [2.45, 2.75) is 19.6 Å². The van der Waals surface area contributed by atoms with Crippen molar-refractivity contribution >= 4 is 21.8 Å². The highest BCUT2D eigenvalue weighted by Crippen LogP contribution is 2.22. The number of benzene rings is 2. The fraction of sp³-hybridized carbons (Fsp3) is 0.200. The van der Waals surface area contributed by atoms with Crippen LogP contribution in [0.2, 0.25) is 0 Å². The van der Waals surface area contributed by atoms with Gasteiger partial charge in [0.05, 0.1) is 5.56 Å². The monoisotopic (exact) mass is 413 g/mol. The van der Waals surface area contributed by atoms with Gasteiger partial charge in [-0.2, -0.15) is 5.10 Å². The maximum Gasteiger partial charge on any atom is 0.255 e. The Labute approximate surface area is 161 Å². The van der Waals surface area contributed by atoms with Crippen molar-refractivity contribution in [1.29, 1.82) is 0 Å². The van der Waals surface area contributed by atoms with Gasteiger partial charge in [0.1, 0.15) is 12.4 Å². The van der Waals surface area contributed by atoms with Gasteiger partial charge in [0, 0.05) is 35.5 Å². The molecule has 0 fully saturated rings. The molecule has 26 heavy (non-hydrogen) atoms. The van der Waals surface area contributed by atoms with Crippen molar-refractivity contribution in [2.75, 3.05) is 6.54 Å². The van der Waals surface area contributed by atoms with Crippen molar-refractivity contribution in [3.8, 4) is 5.75 Å². The molecule has 0 radical (unpaired) electrons. The van der Waals surface area contributed by atoms with E-state index >= 15 is 0 Å². The number of nitrogens with zero attached hydrogens (tertiary/aromatic N) is 2. The lowest BCUT2D eigenvalue weighted by Crippen LogP contribution is -2.25. The number of aromatic nitrogens is 2. The number of nitrogens with one attached hydrogen (secondary N) is 1. The first kappa shape index (κ1) is 18.2. The van der Waals surface area contributed by atoms with E-state index in [2.05, 4.69) is 26.3 Å². The van der Waals surface area contributed by atoms with Crippen molar-refractivity contribution in [3.63, 3.8) is 0 Å². The molecule has 0 aliphatic heterocycles. The molecule has 2 aromatic carbocycles. The lowest BCUT2D eigenvalue weighted by Gasteiger charge is -2.12. The molecule has 0 atom stereocenters. The predicted molar refractivity (Wildman–Crippen MR) is 104 cm³/mol. The van der Waals surface area contributed by atoms with E-state index in [0.29, 0.717) is 24.5 Å². The molecule has 0 spiro atoms. The van der Waals surface area contributed by atoms with Gasteiger partial charge >= 0.3 is 0 Å². The second kappa shape index (κ2) is 9.20. The molecule has 1 amide bonds. The summed E-state index contributed by atoms with van der Waals surface area (Å²) in [6.45, 7) is 1.75. The molecular formula is C20H20BrN3O2. The molecule has 134 valence electrons. The van der Waals surface area contributed by atoms with E-state index in [0.717, 1.165) is 23.0 Å². The van der Waals surface area contributed by atoms with Gasteiger partial charge in [-0.15, -0.1) is 0 Å². The molecule has 1 N–H and O–H groups in total. The predicted octanol–water partition coefficient (Wildman–Crippen LogP) is 4.04. The number of carbonyl (C=O) groups excluding carboxylic acids is 1. The van der Waals surface area contributed by atoms with Crippen LogP contribution in [-0.2, 0) is 13.2 Å². The molecule has 3 aromatic rings. The molecule has 5 nitrogen and oxygen atoms in total. The number of para-hydroxylation sites is 1. The standard InChI is InChI=1S/C20H20BrN3O2/c21-18-9-3-1-7-16(18)15-26-19-10-4-2-8-17(19)20(25)22-11-5-13-24-14-6-12-23-24/h1-4,6-10,12,14H,5,11,13,15H2,(H,22,25). The van der Waals surface area contributed by atoms with Gasteiger partial charge in [-0.25, -0.2) is 0 Å². The minimum atomic E-state index is -0.131. The molecule has 0 aliphatic rings. The molecule has 0 saturated carbocycles. The zero-order chi connectivity index (χ0) is 18.2. The number of hydrogen-bond acceptors (Lipinski definition) is 3. The lowest BCUT2D eigenvalue weighted by molar-refractivity contribution is 0.0948. The number of amides is 1. The number of aryl methyl sites for hydroxylation is 1. The molecule has 0 unspecified atom stereocenters. The van der Waals surface area contributed by atoms with Gasteiger partial charge in [-0.3, -0.25) is 9.48 Å². The second-order valence-corrected chi connectivity index (χ2v) is 6.61. The van der Waals surface area contributed by atoms with Gasteiger partial charge < -0.3 is 10.1 Å². The third-order valence-corrected chi connectivity index (χ3v) is 4.66. The SMILES string of the molecule is O=C(NCCCn1cccn1)c1ccccc1OCc1ccccc1Br. The Morgan fingerprint density at radius 1 is 1.12 bits per heavy atom. The van der Waals surface area contributed by atoms with Crippen LogP contribution in [0.3, 0.4) is 0 Å². The topological polar surface area (TPSA) is 56.2 Å². The van der Waals surface area contributed by atoms with Crippen molar-refractivity contribution in [1.82, 2.24) is 15.1 Å². The largest absolute Gasteiger partial charge is 0.488 e. The summed E-state index contributed by atoms with van der Waals surface area (Å²) in [6, 6.07) is 17.1. The Balaban J connectivity index is 1.55. The number of halogens is 1. The highest BCUT2D eigenvalue weighted by atomic mass is 79.9. The average Bonchev–Trinajstić information content (AvgIpc) is 3.18. The van der Waals surface area contributed by atoms with Gasteiger partial charge in [0.15, 0.2) is 0 Å². The van der Waals surface area contributed by atoms with Gasteiger partial charge in [-0.05, 0) is 30.7 Å². The third-order valence-electron chi connectivity index (χ3n) is 3.88. The van der Waals surface area contributed by atoms with E-state index in [4.69, 9.17) is 4.74 Å². The van der Waals surface area contributed by atoms with Gasteiger partial charge in [0.25, 0.3) is 5.91 Å². The highest BCUT2D eigenvalue weighted by Gasteiger charge is 2.12. The fourth-order valence-electron chi connectivity index (χ4n) is 2.52. The fourth-order valence-corrected chi connectivity index (χ4v) is 2.92. The summed E-state index contributed by atoms with van der Waals surface area (Å²) in [5.74, 6) is 0.445. The van der Waals surface area contributed by atoms with Crippen LogP contribution in [0.1, 0.15) is 22.3 Å². The van der Waals surface area contributed by atoms with Crippen molar-refractivity contribution in [3.05, 3.63) is 82.6 Å². The minimum absolute atomic E-state index is 0.131. The van der Waals surface area contributed by atoms with Crippen molar-refractivity contribution in [2.24, 2.45) is 0 Å². The maximum atomic E-state index is 12.5. The summed E-state index contributed by atoms with van der Waals surface area (Å²) < 4.78 is 8.72. The van der Waals surface area contributed by atoms with Crippen LogP contribution in [0.5, 0.6) is 5.75 Å². The summed E-state index contributed by atoms with van der Waals surface area (Å²) in [4.78, 5) is 12.5. The number of ether oxygens (including phenoxy) is 1. The molecule has 6 heteroatoms. The van der Waals surface area contributed by atoms with E-state index in [-0.39, 0.29) is 5.91 Å². The first-order chi connectivity index (χ1) is 12.7. The Bertz CT molecular complexity index is 850. The van der Waals surface area contributed by atoms with Crippen LogP contribution in [-0.4, -0.2) is 22.2 Å². The minimum Gasteiger partial charge on any atom is -0.488 e. The second-order valence-electron chi connectivity index (χ2n) is 5.75. The smallest absolute Gasteiger partial charge is 0.255 e. The molecule has 3 rings (SSSR count). The first-order valence-electron chi connectivity index (χ1n) is 8.45. The van der Waals surface area contributed by atoms with E-state index < -0.39 is 0 Å². The van der Waals surface area contributed by atoms with E-state index in [1.165, 1.54) is 0 Å². The van der Waals surface area contributed by atoms with E-state index in [1.807, 2.05) is 59.4 Å². The van der Waals surface area contributed by atoms with Crippen molar-refractivity contribution < 1.29 is 9.53 Å². The quantitative estimate of drug-likeness (QED) is 0.566. The summed E-state index contributed by atoms with van der Waals surface area (Å²) in [6.07, 6.45) is 4.47. The molecular weight excluding hydrogens is 394 g/mol. The third kappa shape index (κ3) is 4.95. The number of carbonyl (C=O) groups is 1. The van der Waals surface area contributed by atoms with E-state index in [9.17, 15) is 4.79 Å². The van der Waals surface area contributed by atoms with Crippen LogP contribution in [0.25, 0.3) is 0 Å². The first-order valence-corrected chi connectivity index (χ1v) is 9.24. The van der Waals surface area contributed by atoms with Gasteiger partial charge in [0.2, 0.25) is 0 Å². The Hall–Kier alpha value is -2.60.